The summed E-state index contributed by atoms with van der Waals surface area (Å²) in [5.41, 5.74) is 0.273. The van der Waals surface area contributed by atoms with Gasteiger partial charge >= 0.3 is 6.09 Å². The van der Waals surface area contributed by atoms with Crippen molar-refractivity contribution in [3.05, 3.63) is 59.1 Å². The van der Waals surface area contributed by atoms with E-state index < -0.39 is 25.6 Å². The van der Waals surface area contributed by atoms with Gasteiger partial charge in [0.2, 0.25) is 20.0 Å². The van der Waals surface area contributed by atoms with Gasteiger partial charge in [-0.1, -0.05) is 36.6 Å². The highest BCUT2D eigenvalue weighted by Crippen LogP contribution is 2.31. The lowest BCUT2D eigenvalue weighted by Crippen LogP contribution is -2.43. The SMILES string of the molecule is CC(C)(C)OC(=O)N1CCC(CNS(=O)(=O)c2ccc(S(=O)(=O)N(Cc3ccc(Cl)cc3)C3CCCC3)cc2)CC1. The molecule has 1 saturated carbocycles. The Labute approximate surface area is 249 Å². The van der Waals surface area contributed by atoms with Crippen LogP contribution in [0.3, 0.4) is 0 Å². The fourth-order valence-corrected chi connectivity index (χ4v) is 8.17. The molecule has 2 aromatic carbocycles. The Kier molecular flexibility index (Phi) is 10.1. The van der Waals surface area contributed by atoms with Crippen LogP contribution in [0, 0.1) is 5.92 Å². The molecule has 1 saturated heterocycles. The zero-order valence-electron chi connectivity index (χ0n) is 23.9. The Bertz CT molecular complexity index is 1390. The van der Waals surface area contributed by atoms with E-state index in [9.17, 15) is 21.6 Å². The van der Waals surface area contributed by atoms with Crippen molar-refractivity contribution in [1.82, 2.24) is 13.9 Å². The summed E-state index contributed by atoms with van der Waals surface area (Å²) >= 11 is 6.01. The van der Waals surface area contributed by atoms with Crippen LogP contribution in [0.15, 0.2) is 58.3 Å². The number of hydrogen-bond acceptors (Lipinski definition) is 6. The van der Waals surface area contributed by atoms with Crippen molar-refractivity contribution in [2.24, 2.45) is 5.92 Å². The zero-order chi connectivity index (χ0) is 29.8. The highest BCUT2D eigenvalue weighted by atomic mass is 35.5. The van der Waals surface area contributed by atoms with Gasteiger partial charge in [0, 0.05) is 37.2 Å². The Morgan fingerprint density at radius 3 is 2.05 bits per heavy atom. The van der Waals surface area contributed by atoms with Crippen molar-refractivity contribution in [2.75, 3.05) is 19.6 Å². The van der Waals surface area contributed by atoms with Gasteiger partial charge in [-0.3, -0.25) is 0 Å². The monoisotopic (exact) mass is 625 g/mol. The number of carbonyl (C=O) groups is 1. The van der Waals surface area contributed by atoms with Crippen LogP contribution in [-0.2, 0) is 31.3 Å². The number of halogens is 1. The molecule has 226 valence electrons. The lowest BCUT2D eigenvalue weighted by molar-refractivity contribution is 0.0185. The van der Waals surface area contributed by atoms with Crippen LogP contribution in [-0.4, -0.2) is 63.4 Å². The summed E-state index contributed by atoms with van der Waals surface area (Å²) in [6.07, 6.45) is 4.49. The van der Waals surface area contributed by atoms with Gasteiger partial charge < -0.3 is 9.64 Å². The third-order valence-corrected chi connectivity index (χ3v) is 11.2. The van der Waals surface area contributed by atoms with Gasteiger partial charge in [0.1, 0.15) is 5.60 Å². The summed E-state index contributed by atoms with van der Waals surface area (Å²) in [7, 11) is -7.71. The van der Waals surface area contributed by atoms with Crippen LogP contribution in [0.1, 0.15) is 64.9 Å². The number of carbonyl (C=O) groups excluding carboxylic acids is 1. The number of nitrogens with one attached hydrogen (secondary N) is 1. The Morgan fingerprint density at radius 2 is 1.49 bits per heavy atom. The van der Waals surface area contributed by atoms with Crippen LogP contribution in [0.5, 0.6) is 0 Å². The average Bonchev–Trinajstić information content (AvgIpc) is 3.45. The third kappa shape index (κ3) is 8.44. The largest absolute Gasteiger partial charge is 0.444 e. The molecule has 12 heteroatoms. The van der Waals surface area contributed by atoms with Crippen LogP contribution < -0.4 is 4.72 Å². The van der Waals surface area contributed by atoms with Gasteiger partial charge in [0.15, 0.2) is 0 Å². The molecular formula is C29H40ClN3O6S2. The first-order valence-corrected chi connectivity index (χ1v) is 17.4. The highest BCUT2D eigenvalue weighted by Gasteiger charge is 2.34. The van der Waals surface area contributed by atoms with Crippen LogP contribution in [0.25, 0.3) is 0 Å². The van der Waals surface area contributed by atoms with Gasteiger partial charge in [-0.15, -0.1) is 0 Å². The van der Waals surface area contributed by atoms with Crippen molar-refractivity contribution in [3.63, 3.8) is 0 Å². The van der Waals surface area contributed by atoms with E-state index >= 15 is 0 Å². The molecule has 4 rings (SSSR count). The maximum Gasteiger partial charge on any atom is 0.410 e. The molecule has 1 aliphatic carbocycles. The lowest BCUT2D eigenvalue weighted by Gasteiger charge is -2.33. The summed E-state index contributed by atoms with van der Waals surface area (Å²) in [4.78, 5) is 14.0. The van der Waals surface area contributed by atoms with E-state index in [1.807, 2.05) is 32.9 Å². The second kappa shape index (κ2) is 13.0. The third-order valence-electron chi connectivity index (χ3n) is 7.55. The molecule has 2 fully saturated rings. The van der Waals surface area contributed by atoms with Crippen molar-refractivity contribution in [2.45, 2.75) is 87.3 Å². The molecule has 1 heterocycles. The Hall–Kier alpha value is -2.18. The topological polar surface area (TPSA) is 113 Å². The number of rotatable bonds is 9. The average molecular weight is 626 g/mol. The number of amides is 1. The van der Waals surface area contributed by atoms with Gasteiger partial charge in [-0.2, -0.15) is 4.31 Å². The number of benzene rings is 2. The first-order chi connectivity index (χ1) is 19.2. The lowest BCUT2D eigenvalue weighted by atomic mass is 9.97. The van der Waals surface area contributed by atoms with Crippen molar-refractivity contribution < 1.29 is 26.4 Å². The molecule has 2 aromatic rings. The van der Waals surface area contributed by atoms with Crippen molar-refractivity contribution in [3.8, 4) is 0 Å². The molecule has 0 unspecified atom stereocenters. The van der Waals surface area contributed by atoms with Gasteiger partial charge in [-0.25, -0.2) is 26.4 Å². The summed E-state index contributed by atoms with van der Waals surface area (Å²) in [5, 5.41) is 0.584. The van der Waals surface area contributed by atoms with E-state index in [-0.39, 0.29) is 40.9 Å². The Morgan fingerprint density at radius 1 is 0.927 bits per heavy atom. The molecule has 1 N–H and O–H groups in total. The van der Waals surface area contributed by atoms with E-state index in [1.54, 1.807) is 17.0 Å². The molecule has 0 atom stereocenters. The number of sulfonamides is 2. The van der Waals surface area contributed by atoms with E-state index in [2.05, 4.69) is 4.72 Å². The van der Waals surface area contributed by atoms with E-state index in [4.69, 9.17) is 16.3 Å². The molecular weight excluding hydrogens is 586 g/mol. The summed E-state index contributed by atoms with van der Waals surface area (Å²) in [6, 6.07) is 12.4. The predicted octanol–water partition coefficient (Wildman–Crippen LogP) is 5.40. The molecule has 2 aliphatic rings. The van der Waals surface area contributed by atoms with E-state index in [0.29, 0.717) is 31.0 Å². The van der Waals surface area contributed by atoms with E-state index in [0.717, 1.165) is 31.2 Å². The summed E-state index contributed by atoms with van der Waals surface area (Å²) in [5.74, 6) is 0.0796. The molecule has 1 amide bonds. The summed E-state index contributed by atoms with van der Waals surface area (Å²) < 4.78 is 63.1. The number of piperidine rings is 1. The molecule has 0 bridgehead atoms. The molecule has 0 aromatic heterocycles. The minimum Gasteiger partial charge on any atom is -0.444 e. The van der Waals surface area contributed by atoms with Gasteiger partial charge in [0.25, 0.3) is 0 Å². The first kappa shape index (κ1) is 31.7. The maximum absolute atomic E-state index is 13.7. The van der Waals surface area contributed by atoms with Crippen LogP contribution >= 0.6 is 11.6 Å². The predicted molar refractivity (Wildman–Crippen MR) is 159 cm³/mol. The first-order valence-electron chi connectivity index (χ1n) is 14.1. The highest BCUT2D eigenvalue weighted by molar-refractivity contribution is 7.89. The molecule has 9 nitrogen and oxygen atoms in total. The van der Waals surface area contributed by atoms with Crippen molar-refractivity contribution >= 4 is 37.7 Å². The second-order valence-electron chi connectivity index (χ2n) is 11.8. The van der Waals surface area contributed by atoms with Crippen LogP contribution in [0.4, 0.5) is 4.79 Å². The van der Waals surface area contributed by atoms with Gasteiger partial charge in [-0.05, 0) is 94.3 Å². The van der Waals surface area contributed by atoms with E-state index in [1.165, 1.54) is 28.6 Å². The minimum absolute atomic E-state index is 0.00718. The number of hydrogen-bond donors (Lipinski definition) is 1. The second-order valence-corrected chi connectivity index (χ2v) is 15.9. The molecule has 41 heavy (non-hydrogen) atoms. The number of nitrogens with zero attached hydrogens (tertiary/aromatic N) is 2. The smallest absolute Gasteiger partial charge is 0.410 e. The zero-order valence-corrected chi connectivity index (χ0v) is 26.3. The van der Waals surface area contributed by atoms with Gasteiger partial charge in [0.05, 0.1) is 9.79 Å². The standard InChI is InChI=1S/C29H40ClN3O6S2/c1-29(2,3)39-28(34)32-18-16-22(17-19-32)20-31-40(35,36)26-12-14-27(15-13-26)41(37,38)33(25-6-4-5-7-25)21-23-8-10-24(30)11-9-23/h8-15,22,25,31H,4-7,16-21H2,1-3H3. The Balaban J connectivity index is 1.39. The number of ether oxygens (including phenoxy) is 1. The number of likely N-dealkylation sites (tertiary alicyclic amines) is 1. The quantitative estimate of drug-likeness (QED) is 0.399. The molecule has 0 radical (unpaired) electrons. The van der Waals surface area contributed by atoms with Crippen molar-refractivity contribution in [1.29, 1.82) is 0 Å². The van der Waals surface area contributed by atoms with Crippen LogP contribution in [0.2, 0.25) is 5.02 Å². The normalized spacial score (nSPS) is 17.7. The fourth-order valence-electron chi connectivity index (χ4n) is 5.26. The molecule has 0 spiro atoms. The minimum atomic E-state index is -3.87. The molecule has 1 aliphatic heterocycles. The fraction of sp³-hybridized carbons (Fsp3) is 0.552. The summed E-state index contributed by atoms with van der Waals surface area (Å²) in [6.45, 7) is 6.92. The maximum atomic E-state index is 13.7.